The van der Waals surface area contributed by atoms with E-state index in [0.29, 0.717) is 24.4 Å². The quantitative estimate of drug-likeness (QED) is 0.833. The van der Waals surface area contributed by atoms with Crippen LogP contribution in [0.1, 0.15) is 31.0 Å². The van der Waals surface area contributed by atoms with Gasteiger partial charge in [0, 0.05) is 5.56 Å². The van der Waals surface area contributed by atoms with Crippen LogP contribution in [0.25, 0.3) is 4.85 Å². The maximum atomic E-state index is 13.0. The molecule has 2 atom stereocenters. The van der Waals surface area contributed by atoms with Gasteiger partial charge in [-0.1, -0.05) is 18.2 Å². The molecule has 0 saturated carbocycles. The van der Waals surface area contributed by atoms with Crippen LogP contribution >= 0.6 is 0 Å². The van der Waals surface area contributed by atoms with E-state index in [1.54, 1.807) is 30.3 Å². The Morgan fingerprint density at radius 2 is 1.96 bits per heavy atom. The summed E-state index contributed by atoms with van der Waals surface area (Å²) in [6.45, 7) is 11.5. The first-order valence-corrected chi connectivity index (χ1v) is 8.27. The van der Waals surface area contributed by atoms with Crippen molar-refractivity contribution >= 4 is 5.69 Å². The lowest BCUT2D eigenvalue weighted by molar-refractivity contribution is -0.0643. The Balaban J connectivity index is 1.79. The van der Waals surface area contributed by atoms with Gasteiger partial charge in [-0.15, -0.1) is 0 Å². The number of hydrogen-bond donors (Lipinski definition) is 2. The largest absolute Gasteiger partial charge is 0.485 e. The SMILES string of the molecule is [C-]#[N+]c1ccc2c(c1)[C@H](NCCc1ccc(F)cc1)[C@@H](O)C(C)(C)O2. The lowest BCUT2D eigenvalue weighted by Gasteiger charge is -2.42. The third kappa shape index (κ3) is 3.65. The molecule has 0 saturated heterocycles. The van der Waals surface area contributed by atoms with Crippen LogP contribution in [0, 0.1) is 12.4 Å². The van der Waals surface area contributed by atoms with Gasteiger partial charge in [-0.05, 0) is 56.6 Å². The second-order valence-electron chi connectivity index (χ2n) is 6.79. The number of fused-ring (bicyclic) bond motifs is 1. The zero-order valence-corrected chi connectivity index (χ0v) is 14.3. The van der Waals surface area contributed by atoms with Crippen molar-refractivity contribution < 1.29 is 14.2 Å². The fourth-order valence-electron chi connectivity index (χ4n) is 3.10. The summed E-state index contributed by atoms with van der Waals surface area (Å²) in [5.41, 5.74) is 1.59. The molecule has 1 heterocycles. The second kappa shape index (κ2) is 6.83. The van der Waals surface area contributed by atoms with Gasteiger partial charge in [-0.3, -0.25) is 0 Å². The van der Waals surface area contributed by atoms with Crippen LogP contribution in [-0.4, -0.2) is 23.4 Å². The van der Waals surface area contributed by atoms with Gasteiger partial charge in [0.15, 0.2) is 5.69 Å². The highest BCUT2D eigenvalue weighted by atomic mass is 19.1. The minimum Gasteiger partial charge on any atom is -0.485 e. The average molecular weight is 340 g/mol. The third-order valence-corrected chi connectivity index (χ3v) is 4.55. The Bertz CT molecular complexity index is 796. The molecule has 2 aromatic carbocycles. The minimum atomic E-state index is -0.755. The van der Waals surface area contributed by atoms with Crippen molar-refractivity contribution in [2.75, 3.05) is 6.54 Å². The molecule has 4 nitrogen and oxygen atoms in total. The summed E-state index contributed by atoms with van der Waals surface area (Å²) in [5.74, 6) is 0.431. The average Bonchev–Trinajstić information content (AvgIpc) is 2.59. The monoisotopic (exact) mass is 340 g/mol. The molecule has 25 heavy (non-hydrogen) atoms. The van der Waals surface area contributed by atoms with E-state index in [2.05, 4.69) is 10.2 Å². The number of benzene rings is 2. The molecule has 0 fully saturated rings. The molecule has 3 rings (SSSR count). The zero-order chi connectivity index (χ0) is 18.0. The zero-order valence-electron chi connectivity index (χ0n) is 14.3. The Morgan fingerprint density at radius 1 is 1.24 bits per heavy atom. The van der Waals surface area contributed by atoms with Crippen molar-refractivity contribution in [1.29, 1.82) is 0 Å². The highest BCUT2D eigenvalue weighted by molar-refractivity contribution is 5.54. The molecule has 0 amide bonds. The lowest BCUT2D eigenvalue weighted by Crippen LogP contribution is -2.52. The van der Waals surface area contributed by atoms with Gasteiger partial charge in [-0.25, -0.2) is 9.24 Å². The molecule has 0 radical (unpaired) electrons. The van der Waals surface area contributed by atoms with Crippen LogP contribution in [0.2, 0.25) is 0 Å². The first-order chi connectivity index (χ1) is 11.9. The number of aliphatic hydroxyl groups excluding tert-OH is 1. The maximum absolute atomic E-state index is 13.0. The van der Waals surface area contributed by atoms with Crippen molar-refractivity contribution in [1.82, 2.24) is 5.32 Å². The molecule has 1 aliphatic rings. The second-order valence-corrected chi connectivity index (χ2v) is 6.79. The van der Waals surface area contributed by atoms with Gasteiger partial charge in [-0.2, -0.15) is 0 Å². The predicted octanol–water partition coefficient (Wildman–Crippen LogP) is 3.78. The van der Waals surface area contributed by atoms with Gasteiger partial charge in [0.2, 0.25) is 0 Å². The van der Waals surface area contributed by atoms with E-state index in [0.717, 1.165) is 11.1 Å². The maximum Gasteiger partial charge on any atom is 0.187 e. The molecule has 5 heteroatoms. The summed E-state index contributed by atoms with van der Waals surface area (Å²) in [4.78, 5) is 3.46. The molecule has 2 aromatic rings. The molecule has 0 aromatic heterocycles. The molecule has 0 spiro atoms. The Hall–Kier alpha value is -2.42. The standard InChI is InChI=1S/C20H21FN2O2/c1-20(2)19(24)18(16-12-15(22-3)8-9-17(16)25-20)23-11-10-13-4-6-14(21)7-5-13/h4-9,12,18-19,23-24H,10-11H2,1-2H3/t18-,19+/m0/s1. The lowest BCUT2D eigenvalue weighted by atomic mass is 9.86. The van der Waals surface area contributed by atoms with E-state index in [4.69, 9.17) is 11.3 Å². The first kappa shape index (κ1) is 17.4. The van der Waals surface area contributed by atoms with E-state index in [1.165, 1.54) is 12.1 Å². The van der Waals surface area contributed by atoms with Crippen LogP contribution in [0.4, 0.5) is 10.1 Å². The highest BCUT2D eigenvalue weighted by Crippen LogP contribution is 2.41. The van der Waals surface area contributed by atoms with Crippen molar-refractivity contribution in [3.05, 3.63) is 70.8 Å². The van der Waals surface area contributed by atoms with Crippen LogP contribution in [-0.2, 0) is 6.42 Å². The van der Waals surface area contributed by atoms with Crippen LogP contribution in [0.5, 0.6) is 5.75 Å². The van der Waals surface area contributed by atoms with Crippen molar-refractivity contribution in [2.45, 2.75) is 38.0 Å². The number of halogens is 1. The van der Waals surface area contributed by atoms with E-state index >= 15 is 0 Å². The summed E-state index contributed by atoms with van der Waals surface area (Å²) in [6.07, 6.45) is -0.0444. The number of nitrogens with one attached hydrogen (secondary N) is 1. The van der Waals surface area contributed by atoms with Crippen LogP contribution in [0.3, 0.4) is 0 Å². The summed E-state index contributed by atoms with van der Waals surface area (Å²) >= 11 is 0. The molecule has 130 valence electrons. The van der Waals surface area contributed by atoms with E-state index in [9.17, 15) is 9.50 Å². The molecule has 0 aliphatic carbocycles. The van der Waals surface area contributed by atoms with Crippen LogP contribution in [0.15, 0.2) is 42.5 Å². The summed E-state index contributed by atoms with van der Waals surface area (Å²) < 4.78 is 18.9. The summed E-state index contributed by atoms with van der Waals surface area (Å²) in [6, 6.07) is 11.3. The van der Waals surface area contributed by atoms with Gasteiger partial charge < -0.3 is 15.2 Å². The molecular formula is C20H21FN2O2. The van der Waals surface area contributed by atoms with E-state index in [-0.39, 0.29) is 11.9 Å². The van der Waals surface area contributed by atoms with Gasteiger partial charge in [0.05, 0.1) is 12.6 Å². The molecule has 1 aliphatic heterocycles. The molecular weight excluding hydrogens is 319 g/mol. The number of aliphatic hydroxyl groups is 1. The van der Waals surface area contributed by atoms with E-state index < -0.39 is 11.7 Å². The van der Waals surface area contributed by atoms with Crippen molar-refractivity contribution in [3.63, 3.8) is 0 Å². The molecule has 0 bridgehead atoms. The normalized spacial score (nSPS) is 21.1. The molecule has 0 unspecified atom stereocenters. The summed E-state index contributed by atoms with van der Waals surface area (Å²) in [7, 11) is 0. The Labute approximate surface area is 147 Å². The van der Waals surface area contributed by atoms with Crippen LogP contribution < -0.4 is 10.1 Å². The number of hydrogen-bond acceptors (Lipinski definition) is 3. The Kier molecular flexibility index (Phi) is 4.76. The van der Waals surface area contributed by atoms with Gasteiger partial charge >= 0.3 is 0 Å². The van der Waals surface area contributed by atoms with Gasteiger partial charge in [0.25, 0.3) is 0 Å². The fourth-order valence-corrected chi connectivity index (χ4v) is 3.10. The Morgan fingerprint density at radius 3 is 2.64 bits per heavy atom. The van der Waals surface area contributed by atoms with Crippen molar-refractivity contribution in [2.24, 2.45) is 0 Å². The smallest absolute Gasteiger partial charge is 0.187 e. The number of ether oxygens (including phenoxy) is 1. The van der Waals surface area contributed by atoms with E-state index in [1.807, 2.05) is 13.8 Å². The fraction of sp³-hybridized carbons (Fsp3) is 0.350. The highest BCUT2D eigenvalue weighted by Gasteiger charge is 2.42. The number of rotatable bonds is 4. The number of nitrogens with zero attached hydrogens (tertiary/aromatic N) is 1. The molecule has 2 N–H and O–H groups in total. The van der Waals surface area contributed by atoms with Crippen molar-refractivity contribution in [3.8, 4) is 5.75 Å². The minimum absolute atomic E-state index is 0.251. The first-order valence-electron chi connectivity index (χ1n) is 8.27. The topological polar surface area (TPSA) is 45.9 Å². The predicted molar refractivity (Wildman–Crippen MR) is 94.3 cm³/mol. The third-order valence-electron chi connectivity index (χ3n) is 4.55. The van der Waals surface area contributed by atoms with Gasteiger partial charge in [0.1, 0.15) is 23.3 Å². The summed E-state index contributed by atoms with van der Waals surface area (Å²) in [5, 5.41) is 14.1.